The van der Waals surface area contributed by atoms with Crippen LogP contribution in [0.2, 0.25) is 0 Å². The molecule has 0 aliphatic rings. The highest BCUT2D eigenvalue weighted by Gasteiger charge is 1.92. The number of nitrogens with two attached hydrogens (primary N) is 1. The molecule has 0 radical (unpaired) electrons. The van der Waals surface area contributed by atoms with Gasteiger partial charge in [0.1, 0.15) is 0 Å². The van der Waals surface area contributed by atoms with Gasteiger partial charge in [0.15, 0.2) is 0 Å². The Labute approximate surface area is 67.5 Å². The zero-order chi connectivity index (χ0) is 8.27. The third kappa shape index (κ3) is 1.84. The lowest BCUT2D eigenvalue weighted by Gasteiger charge is -2.00. The molecule has 0 fully saturated rings. The van der Waals surface area contributed by atoms with E-state index in [-0.39, 0.29) is 0 Å². The first-order valence-electron chi connectivity index (χ1n) is 3.73. The second kappa shape index (κ2) is 3.24. The molecule has 0 amide bonds. The smallest absolute Gasteiger partial charge is 0.0317 e. The lowest BCUT2D eigenvalue weighted by molar-refractivity contribution is 1.44. The molecular formula is C10H13N. The van der Waals surface area contributed by atoms with E-state index in [2.05, 4.69) is 13.0 Å². The monoisotopic (exact) mass is 147 g/mol. The first kappa shape index (κ1) is 7.86. The summed E-state index contributed by atoms with van der Waals surface area (Å²) in [7, 11) is 0. The van der Waals surface area contributed by atoms with Crippen LogP contribution in [-0.4, -0.2) is 0 Å². The van der Waals surface area contributed by atoms with Crippen molar-refractivity contribution in [2.45, 2.75) is 13.8 Å². The van der Waals surface area contributed by atoms with Crippen molar-refractivity contribution >= 4 is 11.8 Å². The Kier molecular flexibility index (Phi) is 2.32. The van der Waals surface area contributed by atoms with Gasteiger partial charge in [-0.05, 0) is 37.1 Å². The van der Waals surface area contributed by atoms with Gasteiger partial charge in [-0.15, -0.1) is 0 Å². The van der Waals surface area contributed by atoms with Crippen LogP contribution in [0.15, 0.2) is 24.3 Å². The molecule has 0 unspecified atom stereocenters. The van der Waals surface area contributed by atoms with Gasteiger partial charge in [0.2, 0.25) is 0 Å². The van der Waals surface area contributed by atoms with Gasteiger partial charge in [-0.1, -0.05) is 18.2 Å². The summed E-state index contributed by atoms with van der Waals surface area (Å²) in [5.41, 5.74) is 8.89. The average molecular weight is 147 g/mol. The molecule has 0 saturated carbocycles. The van der Waals surface area contributed by atoms with E-state index in [0.29, 0.717) is 0 Å². The maximum atomic E-state index is 5.60. The molecule has 1 nitrogen and oxygen atoms in total. The van der Waals surface area contributed by atoms with Crippen LogP contribution in [0, 0.1) is 6.92 Å². The predicted octanol–water partition coefficient (Wildman–Crippen LogP) is 2.61. The molecule has 11 heavy (non-hydrogen) atoms. The summed E-state index contributed by atoms with van der Waals surface area (Å²) in [5.74, 6) is 0. The van der Waals surface area contributed by atoms with Gasteiger partial charge in [-0.25, -0.2) is 0 Å². The fourth-order valence-corrected chi connectivity index (χ4v) is 1.07. The lowest BCUT2D eigenvalue weighted by Crippen LogP contribution is -1.86. The maximum absolute atomic E-state index is 5.60. The normalized spacial score (nSPS) is 10.7. The van der Waals surface area contributed by atoms with Gasteiger partial charge >= 0.3 is 0 Å². The second-order valence-electron chi connectivity index (χ2n) is 2.62. The third-order valence-electron chi connectivity index (χ3n) is 1.64. The zero-order valence-electron chi connectivity index (χ0n) is 6.96. The largest absolute Gasteiger partial charge is 0.399 e. The molecule has 0 bridgehead atoms. The van der Waals surface area contributed by atoms with E-state index in [1.165, 1.54) is 11.1 Å². The van der Waals surface area contributed by atoms with Crippen molar-refractivity contribution in [2.75, 3.05) is 5.73 Å². The molecule has 0 saturated heterocycles. The Hall–Kier alpha value is -1.24. The van der Waals surface area contributed by atoms with Crippen molar-refractivity contribution < 1.29 is 0 Å². The highest BCUT2D eigenvalue weighted by atomic mass is 14.5. The van der Waals surface area contributed by atoms with E-state index in [0.717, 1.165) is 5.69 Å². The number of rotatable bonds is 1. The maximum Gasteiger partial charge on any atom is 0.0317 e. The van der Waals surface area contributed by atoms with E-state index >= 15 is 0 Å². The minimum Gasteiger partial charge on any atom is -0.399 e. The number of anilines is 1. The van der Waals surface area contributed by atoms with E-state index in [9.17, 15) is 0 Å². The van der Waals surface area contributed by atoms with Crippen molar-refractivity contribution in [1.29, 1.82) is 0 Å². The van der Waals surface area contributed by atoms with Gasteiger partial charge in [0, 0.05) is 5.69 Å². The quantitative estimate of drug-likeness (QED) is 0.607. The van der Waals surface area contributed by atoms with Crippen LogP contribution in [-0.2, 0) is 0 Å². The zero-order valence-corrected chi connectivity index (χ0v) is 6.96. The van der Waals surface area contributed by atoms with Crippen molar-refractivity contribution in [3.05, 3.63) is 35.4 Å². The molecule has 1 aromatic carbocycles. The highest BCUT2D eigenvalue weighted by Crippen LogP contribution is 2.13. The van der Waals surface area contributed by atoms with Crippen LogP contribution in [0.1, 0.15) is 18.1 Å². The Morgan fingerprint density at radius 1 is 1.36 bits per heavy atom. The minimum atomic E-state index is 0.829. The van der Waals surface area contributed by atoms with Crippen LogP contribution < -0.4 is 5.73 Å². The van der Waals surface area contributed by atoms with Crippen molar-refractivity contribution in [3.63, 3.8) is 0 Å². The Morgan fingerprint density at radius 2 is 2.09 bits per heavy atom. The SMILES string of the molecule is C/C=C/c1ccc(N)cc1C. The Balaban J connectivity index is 3.09. The topological polar surface area (TPSA) is 26.0 Å². The summed E-state index contributed by atoms with van der Waals surface area (Å²) >= 11 is 0. The van der Waals surface area contributed by atoms with E-state index < -0.39 is 0 Å². The Bertz CT molecular complexity index is 274. The Morgan fingerprint density at radius 3 is 2.64 bits per heavy atom. The molecule has 1 aromatic rings. The lowest BCUT2D eigenvalue weighted by atomic mass is 10.1. The van der Waals surface area contributed by atoms with Crippen LogP contribution in [0.3, 0.4) is 0 Å². The highest BCUT2D eigenvalue weighted by molar-refractivity contribution is 5.57. The predicted molar refractivity (Wildman–Crippen MR) is 50.3 cm³/mol. The number of allylic oxidation sites excluding steroid dienone is 1. The fraction of sp³-hybridized carbons (Fsp3) is 0.200. The summed E-state index contributed by atoms with van der Waals surface area (Å²) < 4.78 is 0. The molecule has 0 aliphatic heterocycles. The van der Waals surface area contributed by atoms with Crippen LogP contribution in [0.25, 0.3) is 6.08 Å². The molecule has 0 aliphatic carbocycles. The molecule has 0 atom stereocenters. The van der Waals surface area contributed by atoms with Crippen LogP contribution in [0.4, 0.5) is 5.69 Å². The van der Waals surface area contributed by atoms with Crippen LogP contribution in [0.5, 0.6) is 0 Å². The van der Waals surface area contributed by atoms with Crippen molar-refractivity contribution in [3.8, 4) is 0 Å². The first-order valence-corrected chi connectivity index (χ1v) is 3.73. The number of nitrogen functional groups attached to an aromatic ring is 1. The number of benzene rings is 1. The molecule has 58 valence electrons. The summed E-state index contributed by atoms with van der Waals surface area (Å²) in [6, 6.07) is 5.93. The van der Waals surface area contributed by atoms with E-state index in [1.807, 2.05) is 31.2 Å². The van der Waals surface area contributed by atoms with E-state index in [4.69, 9.17) is 5.73 Å². The standard InChI is InChI=1S/C10H13N/c1-3-4-9-5-6-10(11)7-8(9)2/h3-7H,11H2,1-2H3/b4-3+. The molecule has 0 spiro atoms. The molecule has 2 N–H and O–H groups in total. The molecule has 1 rings (SSSR count). The van der Waals surface area contributed by atoms with Gasteiger partial charge in [0.25, 0.3) is 0 Å². The summed E-state index contributed by atoms with van der Waals surface area (Å²) in [6.45, 7) is 4.07. The second-order valence-corrected chi connectivity index (χ2v) is 2.62. The number of aryl methyl sites for hydroxylation is 1. The van der Waals surface area contributed by atoms with Gasteiger partial charge in [-0.3, -0.25) is 0 Å². The number of hydrogen-bond acceptors (Lipinski definition) is 1. The summed E-state index contributed by atoms with van der Waals surface area (Å²) in [5, 5.41) is 0. The van der Waals surface area contributed by atoms with Gasteiger partial charge in [-0.2, -0.15) is 0 Å². The van der Waals surface area contributed by atoms with Gasteiger partial charge < -0.3 is 5.73 Å². The molecule has 1 heteroatoms. The van der Waals surface area contributed by atoms with E-state index in [1.54, 1.807) is 0 Å². The van der Waals surface area contributed by atoms with Crippen LogP contribution >= 0.6 is 0 Å². The van der Waals surface area contributed by atoms with Crippen molar-refractivity contribution in [1.82, 2.24) is 0 Å². The van der Waals surface area contributed by atoms with Crippen molar-refractivity contribution in [2.24, 2.45) is 0 Å². The molecule has 0 aromatic heterocycles. The first-order chi connectivity index (χ1) is 5.24. The fourth-order valence-electron chi connectivity index (χ4n) is 1.07. The third-order valence-corrected chi connectivity index (χ3v) is 1.64. The average Bonchev–Trinajstić information content (AvgIpc) is 1.95. The summed E-state index contributed by atoms with van der Waals surface area (Å²) in [6.07, 6.45) is 4.10. The molecule has 0 heterocycles. The molecular weight excluding hydrogens is 134 g/mol. The minimum absolute atomic E-state index is 0.829. The summed E-state index contributed by atoms with van der Waals surface area (Å²) in [4.78, 5) is 0. The van der Waals surface area contributed by atoms with Gasteiger partial charge in [0.05, 0.1) is 0 Å². The number of hydrogen-bond donors (Lipinski definition) is 1.